The highest BCUT2D eigenvalue weighted by atomic mass is 16.6. The third-order valence-electron chi connectivity index (χ3n) is 2.35. The van der Waals surface area contributed by atoms with Crippen molar-refractivity contribution in [2.45, 2.75) is 0 Å². The predicted molar refractivity (Wildman–Crippen MR) is 65.1 cm³/mol. The molecule has 0 unspecified atom stereocenters. The van der Waals surface area contributed by atoms with Crippen molar-refractivity contribution in [3.63, 3.8) is 0 Å². The van der Waals surface area contributed by atoms with Crippen LogP contribution in [-0.2, 0) is 4.79 Å². The van der Waals surface area contributed by atoms with Crippen molar-refractivity contribution in [2.24, 2.45) is 0 Å². The predicted octanol–water partition coefficient (Wildman–Crippen LogP) is 2.24. The van der Waals surface area contributed by atoms with Crippen LogP contribution in [0.1, 0.15) is 5.56 Å². The fourth-order valence-electron chi connectivity index (χ4n) is 1.58. The number of carbonyl (C=O) groups is 1. The van der Waals surface area contributed by atoms with E-state index in [4.69, 9.17) is 5.11 Å². The minimum Gasteiger partial charge on any atom is -0.478 e. The quantitative estimate of drug-likeness (QED) is 0.507. The number of aromatic nitrogens is 1. The van der Waals surface area contributed by atoms with E-state index < -0.39 is 10.9 Å². The maximum absolute atomic E-state index is 10.9. The van der Waals surface area contributed by atoms with Crippen LogP contribution in [0.4, 0.5) is 5.69 Å². The fraction of sp³-hybridized carbons (Fsp3) is 0. The molecule has 1 aromatic heterocycles. The molecule has 1 N–H and O–H groups in total. The summed E-state index contributed by atoms with van der Waals surface area (Å²) in [4.78, 5) is 24.9. The number of aliphatic carboxylic acids is 1. The molecule has 90 valence electrons. The highest BCUT2D eigenvalue weighted by Gasteiger charge is 2.13. The van der Waals surface area contributed by atoms with Crippen LogP contribution in [0, 0.1) is 10.1 Å². The highest BCUT2D eigenvalue weighted by molar-refractivity contribution is 5.90. The zero-order valence-corrected chi connectivity index (χ0v) is 9.11. The number of fused-ring (bicyclic) bond motifs is 1. The number of hydrogen-bond acceptors (Lipinski definition) is 4. The minimum atomic E-state index is -1.16. The smallest absolute Gasteiger partial charge is 0.328 e. The van der Waals surface area contributed by atoms with Crippen LogP contribution in [0.15, 0.2) is 36.5 Å². The summed E-state index contributed by atoms with van der Waals surface area (Å²) in [5, 5.41) is 20.1. The lowest BCUT2D eigenvalue weighted by atomic mass is 10.1. The number of pyridine rings is 1. The summed E-state index contributed by atoms with van der Waals surface area (Å²) in [6.07, 6.45) is 3.62. The monoisotopic (exact) mass is 244 g/mol. The van der Waals surface area contributed by atoms with Crippen LogP contribution in [0.25, 0.3) is 17.0 Å². The molecule has 0 saturated heterocycles. The van der Waals surface area contributed by atoms with Crippen LogP contribution in [0.3, 0.4) is 0 Å². The highest BCUT2D eigenvalue weighted by Crippen LogP contribution is 2.25. The van der Waals surface area contributed by atoms with Gasteiger partial charge < -0.3 is 5.11 Å². The Hall–Kier alpha value is -2.76. The first-order valence-electron chi connectivity index (χ1n) is 5.02. The molecule has 6 nitrogen and oxygen atoms in total. The van der Waals surface area contributed by atoms with E-state index in [0.717, 1.165) is 6.08 Å². The molecule has 0 aliphatic heterocycles. The first-order chi connectivity index (χ1) is 8.58. The van der Waals surface area contributed by atoms with Gasteiger partial charge in [-0.2, -0.15) is 0 Å². The summed E-state index contributed by atoms with van der Waals surface area (Å²) in [6.45, 7) is 0. The van der Waals surface area contributed by atoms with Gasteiger partial charge in [0, 0.05) is 23.7 Å². The van der Waals surface area contributed by atoms with Crippen LogP contribution < -0.4 is 0 Å². The molecule has 2 rings (SSSR count). The number of benzene rings is 1. The molecule has 0 radical (unpaired) electrons. The van der Waals surface area contributed by atoms with Gasteiger partial charge in [-0.3, -0.25) is 15.1 Å². The standard InChI is InChI=1S/C12H8N2O4/c15-12(16)4-3-9-6-10-8(2-1-5-13-10)7-11(9)14(17)18/h1-7H,(H,15,16). The normalized spacial score (nSPS) is 10.9. The van der Waals surface area contributed by atoms with Crippen molar-refractivity contribution in [1.82, 2.24) is 4.98 Å². The Balaban J connectivity index is 2.65. The molecule has 0 aliphatic carbocycles. The minimum absolute atomic E-state index is 0.145. The van der Waals surface area contributed by atoms with Crippen molar-refractivity contribution in [3.8, 4) is 0 Å². The number of nitro groups is 1. The van der Waals surface area contributed by atoms with E-state index in [0.29, 0.717) is 10.9 Å². The van der Waals surface area contributed by atoms with Crippen LogP contribution >= 0.6 is 0 Å². The Bertz CT molecular complexity index is 664. The second-order valence-electron chi connectivity index (χ2n) is 3.54. The molecule has 0 atom stereocenters. The Morgan fingerprint density at radius 2 is 2.22 bits per heavy atom. The third kappa shape index (κ3) is 2.32. The van der Waals surface area contributed by atoms with Crippen molar-refractivity contribution < 1.29 is 14.8 Å². The average Bonchev–Trinajstić information content (AvgIpc) is 2.35. The van der Waals surface area contributed by atoms with E-state index in [9.17, 15) is 14.9 Å². The molecule has 0 bridgehead atoms. The Kier molecular flexibility index (Phi) is 3.01. The molecular formula is C12H8N2O4. The lowest BCUT2D eigenvalue weighted by Gasteiger charge is -2.00. The fourth-order valence-corrected chi connectivity index (χ4v) is 1.58. The molecule has 0 saturated carbocycles. The van der Waals surface area contributed by atoms with Gasteiger partial charge in [-0.25, -0.2) is 4.79 Å². The SMILES string of the molecule is O=C(O)C=Cc1cc2ncccc2cc1[N+](=O)[O-]. The Morgan fingerprint density at radius 1 is 1.44 bits per heavy atom. The average molecular weight is 244 g/mol. The molecule has 0 aliphatic rings. The third-order valence-corrected chi connectivity index (χ3v) is 2.35. The summed E-state index contributed by atoms with van der Waals surface area (Å²) in [5.74, 6) is -1.16. The Morgan fingerprint density at radius 3 is 2.89 bits per heavy atom. The number of rotatable bonds is 3. The van der Waals surface area contributed by atoms with Gasteiger partial charge in [0.25, 0.3) is 5.69 Å². The van der Waals surface area contributed by atoms with Gasteiger partial charge in [-0.15, -0.1) is 0 Å². The summed E-state index contributed by atoms with van der Waals surface area (Å²) >= 11 is 0. The first-order valence-corrected chi connectivity index (χ1v) is 5.02. The second-order valence-corrected chi connectivity index (χ2v) is 3.54. The molecule has 0 spiro atoms. The topological polar surface area (TPSA) is 93.3 Å². The zero-order valence-electron chi connectivity index (χ0n) is 9.11. The summed E-state index contributed by atoms with van der Waals surface area (Å²) < 4.78 is 0. The summed E-state index contributed by atoms with van der Waals surface area (Å²) in [7, 11) is 0. The van der Waals surface area contributed by atoms with Gasteiger partial charge >= 0.3 is 5.97 Å². The second kappa shape index (κ2) is 4.62. The maximum Gasteiger partial charge on any atom is 0.328 e. The van der Waals surface area contributed by atoms with Crippen LogP contribution in [0.5, 0.6) is 0 Å². The van der Waals surface area contributed by atoms with Crippen molar-refractivity contribution in [3.05, 3.63) is 52.2 Å². The molecule has 6 heteroatoms. The summed E-state index contributed by atoms with van der Waals surface area (Å²) in [5.41, 5.74) is 0.648. The molecule has 2 aromatic rings. The molecule has 0 fully saturated rings. The molecule has 1 heterocycles. The zero-order chi connectivity index (χ0) is 13.1. The first kappa shape index (κ1) is 11.7. The Labute approximate surface area is 101 Å². The van der Waals surface area contributed by atoms with E-state index in [1.807, 2.05) is 0 Å². The molecule has 1 aromatic carbocycles. The maximum atomic E-state index is 10.9. The van der Waals surface area contributed by atoms with Gasteiger partial charge in [0.2, 0.25) is 0 Å². The van der Waals surface area contributed by atoms with Crippen LogP contribution in [-0.4, -0.2) is 21.0 Å². The van der Waals surface area contributed by atoms with E-state index in [1.165, 1.54) is 18.2 Å². The van der Waals surface area contributed by atoms with E-state index in [-0.39, 0.29) is 11.3 Å². The van der Waals surface area contributed by atoms with E-state index in [1.54, 1.807) is 18.3 Å². The van der Waals surface area contributed by atoms with Gasteiger partial charge in [0.15, 0.2) is 0 Å². The van der Waals surface area contributed by atoms with E-state index >= 15 is 0 Å². The molecule has 0 amide bonds. The van der Waals surface area contributed by atoms with Gasteiger partial charge in [0.1, 0.15) is 0 Å². The van der Waals surface area contributed by atoms with Crippen molar-refractivity contribution in [1.29, 1.82) is 0 Å². The van der Waals surface area contributed by atoms with Crippen molar-refractivity contribution >= 4 is 28.6 Å². The number of nitro benzene ring substituents is 1. The number of nitrogens with zero attached hydrogens (tertiary/aromatic N) is 2. The summed E-state index contributed by atoms with van der Waals surface area (Å²) in [6, 6.07) is 6.26. The van der Waals surface area contributed by atoms with Gasteiger partial charge in [0.05, 0.1) is 16.0 Å². The largest absolute Gasteiger partial charge is 0.478 e. The molecular weight excluding hydrogens is 236 g/mol. The van der Waals surface area contributed by atoms with Gasteiger partial charge in [-0.05, 0) is 18.2 Å². The van der Waals surface area contributed by atoms with Crippen LogP contribution in [0.2, 0.25) is 0 Å². The van der Waals surface area contributed by atoms with Gasteiger partial charge in [-0.1, -0.05) is 6.07 Å². The number of hydrogen-bond donors (Lipinski definition) is 1. The van der Waals surface area contributed by atoms with Crippen molar-refractivity contribution in [2.75, 3.05) is 0 Å². The number of carboxylic acids is 1. The lowest BCUT2D eigenvalue weighted by molar-refractivity contribution is -0.384. The lowest BCUT2D eigenvalue weighted by Crippen LogP contribution is -1.93. The molecule has 18 heavy (non-hydrogen) atoms. The number of carboxylic acid groups (broad SMARTS) is 1. The van der Waals surface area contributed by atoms with E-state index in [2.05, 4.69) is 4.98 Å².